The lowest BCUT2D eigenvalue weighted by molar-refractivity contribution is -0.0220. The molecule has 0 unspecified atom stereocenters. The summed E-state index contributed by atoms with van der Waals surface area (Å²) in [4.78, 5) is 37.1. The molecule has 1 aliphatic rings. The third-order valence-corrected chi connectivity index (χ3v) is 5.26. The van der Waals surface area contributed by atoms with Gasteiger partial charge in [-0.05, 0) is 53.7 Å². The van der Waals surface area contributed by atoms with Crippen LogP contribution in [-0.4, -0.2) is 52.4 Å². The van der Waals surface area contributed by atoms with Crippen LogP contribution in [0.3, 0.4) is 0 Å². The van der Waals surface area contributed by atoms with Crippen molar-refractivity contribution in [3.8, 4) is 0 Å². The van der Waals surface area contributed by atoms with Crippen molar-refractivity contribution in [1.82, 2.24) is 9.97 Å². The van der Waals surface area contributed by atoms with E-state index in [0.29, 0.717) is 21.5 Å². The highest BCUT2D eigenvalue weighted by atomic mass is 79.9. The van der Waals surface area contributed by atoms with Gasteiger partial charge in [-0.1, -0.05) is 15.9 Å². The Morgan fingerprint density at radius 3 is 2.06 bits per heavy atom. The molecule has 34 heavy (non-hydrogen) atoms. The van der Waals surface area contributed by atoms with Crippen LogP contribution in [0.1, 0.15) is 54.4 Å². The van der Waals surface area contributed by atoms with Crippen LogP contribution in [0.5, 0.6) is 0 Å². The van der Waals surface area contributed by atoms with E-state index in [4.69, 9.17) is 9.47 Å². The standard InChI is InChI=1S/C23H29BrF2N4O4/c1-21(2,3)33-19(31)30(20(32)34-22(4,5)6)18-27-13-14-11-15(24)12-16(17(14)28-18)29-9-7-23(25,26)8-10-29/h11-13H,7-10H2,1-6H3. The number of piperidine rings is 1. The van der Waals surface area contributed by atoms with Crippen LogP contribution in [0.2, 0.25) is 0 Å². The highest BCUT2D eigenvalue weighted by molar-refractivity contribution is 9.10. The summed E-state index contributed by atoms with van der Waals surface area (Å²) in [5.74, 6) is -2.94. The first kappa shape index (κ1) is 26.1. The lowest BCUT2D eigenvalue weighted by Crippen LogP contribution is -2.44. The van der Waals surface area contributed by atoms with Gasteiger partial charge in [0.15, 0.2) is 0 Å². The number of carbonyl (C=O) groups is 2. The van der Waals surface area contributed by atoms with Crippen molar-refractivity contribution in [2.24, 2.45) is 0 Å². The van der Waals surface area contributed by atoms with Gasteiger partial charge in [0.05, 0.1) is 11.2 Å². The van der Waals surface area contributed by atoms with Crippen LogP contribution in [0, 0.1) is 0 Å². The zero-order chi connectivity index (χ0) is 25.5. The minimum atomic E-state index is -2.71. The topological polar surface area (TPSA) is 84.9 Å². The number of hydrogen-bond donors (Lipinski definition) is 0. The number of halogens is 3. The Bertz CT molecular complexity index is 1060. The molecule has 8 nitrogen and oxygen atoms in total. The Balaban J connectivity index is 2.08. The lowest BCUT2D eigenvalue weighted by atomic mass is 10.1. The fourth-order valence-corrected chi connectivity index (χ4v) is 3.82. The second-order valence-electron chi connectivity index (χ2n) is 10.2. The zero-order valence-corrected chi connectivity index (χ0v) is 21.7. The molecule has 1 aromatic carbocycles. The van der Waals surface area contributed by atoms with Crippen LogP contribution in [0.4, 0.5) is 30.0 Å². The van der Waals surface area contributed by atoms with Crippen molar-refractivity contribution in [1.29, 1.82) is 0 Å². The molecular formula is C23H29BrF2N4O4. The molecule has 0 radical (unpaired) electrons. The highest BCUT2D eigenvalue weighted by Crippen LogP contribution is 2.36. The smallest absolute Gasteiger partial charge is 0.427 e. The summed E-state index contributed by atoms with van der Waals surface area (Å²) >= 11 is 3.44. The van der Waals surface area contributed by atoms with E-state index in [1.54, 1.807) is 53.7 Å². The van der Waals surface area contributed by atoms with Crippen molar-refractivity contribution in [2.75, 3.05) is 22.9 Å². The normalized spacial score (nSPS) is 16.3. The number of benzene rings is 1. The number of rotatable bonds is 2. The van der Waals surface area contributed by atoms with Crippen molar-refractivity contribution in [3.63, 3.8) is 0 Å². The Morgan fingerprint density at radius 2 is 1.56 bits per heavy atom. The number of ether oxygens (including phenoxy) is 2. The van der Waals surface area contributed by atoms with Crippen LogP contribution < -0.4 is 9.80 Å². The first-order chi connectivity index (χ1) is 15.5. The van der Waals surface area contributed by atoms with Crippen molar-refractivity contribution < 1.29 is 27.8 Å². The van der Waals surface area contributed by atoms with Gasteiger partial charge in [0.2, 0.25) is 5.95 Å². The highest BCUT2D eigenvalue weighted by Gasteiger charge is 2.36. The van der Waals surface area contributed by atoms with Gasteiger partial charge in [-0.3, -0.25) is 0 Å². The molecule has 1 saturated heterocycles. The summed E-state index contributed by atoms with van der Waals surface area (Å²) in [5.41, 5.74) is -0.764. The molecule has 186 valence electrons. The van der Waals surface area contributed by atoms with Gasteiger partial charge < -0.3 is 14.4 Å². The first-order valence-electron chi connectivity index (χ1n) is 10.9. The van der Waals surface area contributed by atoms with Gasteiger partial charge >= 0.3 is 12.2 Å². The minimum Gasteiger partial charge on any atom is -0.443 e. The molecule has 2 aromatic rings. The van der Waals surface area contributed by atoms with Gasteiger partial charge in [-0.15, -0.1) is 4.90 Å². The molecule has 3 rings (SSSR count). The molecule has 1 aromatic heterocycles. The van der Waals surface area contributed by atoms with E-state index in [1.165, 1.54) is 6.20 Å². The number of imide groups is 1. The van der Waals surface area contributed by atoms with E-state index in [2.05, 4.69) is 25.9 Å². The number of anilines is 2. The molecule has 1 aliphatic heterocycles. The van der Waals surface area contributed by atoms with Crippen molar-refractivity contribution >= 4 is 50.7 Å². The second kappa shape index (κ2) is 9.24. The Hall–Kier alpha value is -2.56. The summed E-state index contributed by atoms with van der Waals surface area (Å²) in [6.45, 7) is 10.3. The molecule has 0 spiro atoms. The minimum absolute atomic E-state index is 0.139. The van der Waals surface area contributed by atoms with Crippen LogP contribution in [0.25, 0.3) is 10.9 Å². The molecule has 0 bridgehead atoms. The van der Waals surface area contributed by atoms with Gasteiger partial charge in [0.25, 0.3) is 5.92 Å². The number of aromatic nitrogens is 2. The summed E-state index contributed by atoms with van der Waals surface area (Å²) in [6, 6.07) is 3.54. The number of amides is 2. The number of carbonyl (C=O) groups excluding carboxylic acids is 2. The maximum atomic E-state index is 13.7. The molecule has 2 amide bonds. The van der Waals surface area contributed by atoms with Crippen molar-refractivity contribution in [3.05, 3.63) is 22.8 Å². The van der Waals surface area contributed by atoms with Crippen LogP contribution >= 0.6 is 15.9 Å². The number of nitrogens with zero attached hydrogens (tertiary/aromatic N) is 4. The summed E-state index contributed by atoms with van der Waals surface area (Å²) in [5, 5.41) is 0.610. The average Bonchev–Trinajstić information content (AvgIpc) is 2.65. The predicted octanol–water partition coefficient (Wildman–Crippen LogP) is 6.30. The fourth-order valence-electron chi connectivity index (χ4n) is 3.36. The lowest BCUT2D eigenvalue weighted by Gasteiger charge is -2.34. The number of fused-ring (bicyclic) bond motifs is 1. The molecule has 0 aliphatic carbocycles. The predicted molar refractivity (Wildman–Crippen MR) is 129 cm³/mol. The zero-order valence-electron chi connectivity index (χ0n) is 20.1. The Morgan fingerprint density at radius 1 is 1.03 bits per heavy atom. The largest absolute Gasteiger partial charge is 0.443 e. The molecule has 1 fully saturated rings. The molecule has 0 saturated carbocycles. The van der Waals surface area contributed by atoms with Crippen LogP contribution in [-0.2, 0) is 9.47 Å². The summed E-state index contributed by atoms with van der Waals surface area (Å²) in [7, 11) is 0. The van der Waals surface area contributed by atoms with E-state index in [1.807, 2.05) is 4.90 Å². The van der Waals surface area contributed by atoms with Gasteiger partial charge in [-0.2, -0.15) is 0 Å². The molecule has 2 heterocycles. The quantitative estimate of drug-likeness (QED) is 0.439. The second-order valence-corrected chi connectivity index (χ2v) is 11.1. The third-order valence-electron chi connectivity index (χ3n) is 4.80. The third kappa shape index (κ3) is 6.52. The van der Waals surface area contributed by atoms with Crippen molar-refractivity contribution in [2.45, 2.75) is 71.5 Å². The summed E-state index contributed by atoms with van der Waals surface area (Å²) in [6.07, 6.45) is -1.07. The first-order valence-corrected chi connectivity index (χ1v) is 11.7. The monoisotopic (exact) mass is 542 g/mol. The SMILES string of the molecule is CC(C)(C)OC(=O)N(C(=O)OC(C)(C)C)c1ncc2cc(Br)cc(N3CCC(F)(F)CC3)c2n1. The van der Waals surface area contributed by atoms with Gasteiger partial charge in [0.1, 0.15) is 11.2 Å². The van der Waals surface area contributed by atoms with E-state index < -0.39 is 29.3 Å². The molecule has 11 heteroatoms. The average molecular weight is 543 g/mol. The molecule has 0 atom stereocenters. The van der Waals surface area contributed by atoms with E-state index in [0.717, 1.165) is 4.47 Å². The number of hydrogen-bond acceptors (Lipinski definition) is 7. The van der Waals surface area contributed by atoms with E-state index >= 15 is 0 Å². The van der Waals surface area contributed by atoms with E-state index in [9.17, 15) is 18.4 Å². The molecule has 0 N–H and O–H groups in total. The fraction of sp³-hybridized carbons (Fsp3) is 0.565. The maximum absolute atomic E-state index is 13.7. The Kier molecular flexibility index (Phi) is 7.08. The van der Waals surface area contributed by atoms with Gasteiger partial charge in [-0.25, -0.2) is 28.3 Å². The van der Waals surface area contributed by atoms with E-state index in [-0.39, 0.29) is 31.9 Å². The maximum Gasteiger partial charge on any atom is 0.427 e. The Labute approximate surface area is 205 Å². The van der Waals surface area contributed by atoms with Gasteiger partial charge in [0, 0.05) is 42.0 Å². The summed E-state index contributed by atoms with van der Waals surface area (Å²) < 4.78 is 39.0. The molecular weight excluding hydrogens is 514 g/mol. The number of alkyl halides is 2. The van der Waals surface area contributed by atoms with Crippen LogP contribution in [0.15, 0.2) is 22.8 Å².